The van der Waals surface area contributed by atoms with Gasteiger partial charge >= 0.3 is 0 Å². The van der Waals surface area contributed by atoms with Crippen LogP contribution in [0.3, 0.4) is 0 Å². The Bertz CT molecular complexity index is 491. The van der Waals surface area contributed by atoms with E-state index in [0.29, 0.717) is 12.3 Å². The highest BCUT2D eigenvalue weighted by molar-refractivity contribution is 5.83. The Morgan fingerprint density at radius 3 is 2.63 bits per heavy atom. The van der Waals surface area contributed by atoms with Crippen LogP contribution in [-0.4, -0.2) is 10.9 Å². The second-order valence-corrected chi connectivity index (χ2v) is 6.07. The quantitative estimate of drug-likeness (QED) is 0.824. The molecule has 2 unspecified atom stereocenters. The monoisotopic (exact) mass is 256 g/mol. The van der Waals surface area contributed by atoms with Crippen molar-refractivity contribution in [1.82, 2.24) is 0 Å². The van der Waals surface area contributed by atoms with Crippen LogP contribution in [0.2, 0.25) is 0 Å². The van der Waals surface area contributed by atoms with Crippen molar-refractivity contribution in [2.75, 3.05) is 0 Å². The zero-order chi connectivity index (χ0) is 13.4. The molecule has 2 saturated carbocycles. The molecule has 4 atom stereocenters. The predicted molar refractivity (Wildman–Crippen MR) is 74.5 cm³/mol. The van der Waals surface area contributed by atoms with Gasteiger partial charge in [-0.25, -0.2) is 0 Å². The summed E-state index contributed by atoms with van der Waals surface area (Å²) in [6.07, 6.45) is 2.92. The van der Waals surface area contributed by atoms with E-state index in [-0.39, 0.29) is 17.6 Å². The summed E-state index contributed by atoms with van der Waals surface area (Å²) < 4.78 is 0. The molecule has 0 amide bonds. The smallest absolute Gasteiger partial charge is 0.139 e. The number of aliphatic hydroxyl groups excluding tert-OH is 1. The van der Waals surface area contributed by atoms with Crippen LogP contribution in [0.1, 0.15) is 37.4 Å². The van der Waals surface area contributed by atoms with Gasteiger partial charge in [-0.15, -0.1) is 0 Å². The molecule has 0 saturated heterocycles. The van der Waals surface area contributed by atoms with Crippen LogP contribution in [0.4, 0.5) is 0 Å². The molecule has 2 aliphatic rings. The molecule has 1 N–H and O–H groups in total. The SMILES string of the molecule is C=C1CC2CC(=O)[C@@H]([C@H](O)c3ccccc3)C(C1)C2. The largest absolute Gasteiger partial charge is 0.388 e. The van der Waals surface area contributed by atoms with Gasteiger partial charge < -0.3 is 5.11 Å². The standard InChI is InChI=1S/C17H20O2/c1-11-7-12-9-14(8-11)16(15(18)10-12)17(19)13-5-3-2-4-6-13/h2-6,12,14,16-17,19H,1,7-10H2/t12?,14?,16-,17+/m0/s1. The van der Waals surface area contributed by atoms with Gasteiger partial charge in [-0.05, 0) is 36.7 Å². The topological polar surface area (TPSA) is 37.3 Å². The van der Waals surface area contributed by atoms with Crippen molar-refractivity contribution in [3.63, 3.8) is 0 Å². The normalized spacial score (nSPS) is 32.2. The number of hydrogen-bond acceptors (Lipinski definition) is 2. The summed E-state index contributed by atoms with van der Waals surface area (Å²) >= 11 is 0. The molecule has 0 aliphatic heterocycles. The van der Waals surface area contributed by atoms with Gasteiger partial charge in [-0.2, -0.15) is 0 Å². The highest BCUT2D eigenvalue weighted by Crippen LogP contribution is 2.47. The molecule has 100 valence electrons. The van der Waals surface area contributed by atoms with Crippen LogP contribution in [0, 0.1) is 17.8 Å². The Kier molecular flexibility index (Phi) is 3.28. The first-order valence-electron chi connectivity index (χ1n) is 7.07. The number of allylic oxidation sites excluding steroid dienone is 1. The lowest BCUT2D eigenvalue weighted by atomic mass is 9.63. The minimum Gasteiger partial charge on any atom is -0.388 e. The zero-order valence-corrected chi connectivity index (χ0v) is 11.1. The third kappa shape index (κ3) is 2.37. The van der Waals surface area contributed by atoms with Gasteiger partial charge in [0, 0.05) is 6.42 Å². The first-order chi connectivity index (χ1) is 9.15. The van der Waals surface area contributed by atoms with Gasteiger partial charge in [-0.1, -0.05) is 42.5 Å². The van der Waals surface area contributed by atoms with E-state index in [0.717, 1.165) is 24.8 Å². The zero-order valence-electron chi connectivity index (χ0n) is 11.1. The van der Waals surface area contributed by atoms with E-state index in [1.54, 1.807) is 0 Å². The molecule has 1 aromatic carbocycles. The fraction of sp³-hybridized carbons (Fsp3) is 0.471. The number of rotatable bonds is 2. The lowest BCUT2D eigenvalue weighted by Gasteiger charge is -2.42. The van der Waals surface area contributed by atoms with Crippen LogP contribution in [0.25, 0.3) is 0 Å². The van der Waals surface area contributed by atoms with Crippen LogP contribution in [0.15, 0.2) is 42.5 Å². The van der Waals surface area contributed by atoms with Crippen molar-refractivity contribution in [3.8, 4) is 0 Å². The molecule has 2 nitrogen and oxygen atoms in total. The number of benzene rings is 1. The summed E-state index contributed by atoms with van der Waals surface area (Å²) in [5.41, 5.74) is 2.11. The molecule has 1 aromatic rings. The van der Waals surface area contributed by atoms with Gasteiger partial charge in [0.25, 0.3) is 0 Å². The van der Waals surface area contributed by atoms with E-state index in [1.165, 1.54) is 5.57 Å². The fourth-order valence-corrected chi connectivity index (χ4v) is 3.86. The number of fused-ring (bicyclic) bond motifs is 2. The molecule has 0 heterocycles. The highest BCUT2D eigenvalue weighted by Gasteiger charge is 2.43. The second kappa shape index (κ2) is 4.93. The highest BCUT2D eigenvalue weighted by atomic mass is 16.3. The summed E-state index contributed by atoms with van der Waals surface area (Å²) in [4.78, 5) is 12.3. The summed E-state index contributed by atoms with van der Waals surface area (Å²) in [5.74, 6) is 0.751. The summed E-state index contributed by atoms with van der Waals surface area (Å²) in [6, 6.07) is 9.56. The van der Waals surface area contributed by atoms with Crippen molar-refractivity contribution in [3.05, 3.63) is 48.0 Å². The fourth-order valence-electron chi connectivity index (χ4n) is 3.86. The molecule has 3 rings (SSSR count). The maximum Gasteiger partial charge on any atom is 0.139 e. The van der Waals surface area contributed by atoms with Crippen LogP contribution >= 0.6 is 0 Å². The molecular weight excluding hydrogens is 236 g/mol. The third-order valence-corrected chi connectivity index (χ3v) is 4.62. The van der Waals surface area contributed by atoms with E-state index in [9.17, 15) is 9.90 Å². The van der Waals surface area contributed by atoms with E-state index in [1.807, 2.05) is 30.3 Å². The Morgan fingerprint density at radius 1 is 1.16 bits per heavy atom. The first kappa shape index (κ1) is 12.6. The van der Waals surface area contributed by atoms with E-state index in [4.69, 9.17) is 0 Å². The Labute approximate surface area is 114 Å². The molecule has 2 heteroatoms. The second-order valence-electron chi connectivity index (χ2n) is 6.07. The molecule has 19 heavy (non-hydrogen) atoms. The Hall–Kier alpha value is -1.41. The van der Waals surface area contributed by atoms with Crippen LogP contribution in [-0.2, 0) is 4.79 Å². The Morgan fingerprint density at radius 2 is 1.89 bits per heavy atom. The van der Waals surface area contributed by atoms with Crippen molar-refractivity contribution in [1.29, 1.82) is 0 Å². The molecule has 2 bridgehead atoms. The number of hydrogen-bond donors (Lipinski definition) is 1. The van der Waals surface area contributed by atoms with Crippen molar-refractivity contribution in [2.24, 2.45) is 17.8 Å². The van der Waals surface area contributed by atoms with E-state index >= 15 is 0 Å². The van der Waals surface area contributed by atoms with Gasteiger partial charge in [0.1, 0.15) is 5.78 Å². The molecule has 0 spiro atoms. The average molecular weight is 256 g/mol. The number of aliphatic hydroxyl groups is 1. The van der Waals surface area contributed by atoms with Crippen molar-refractivity contribution in [2.45, 2.75) is 31.8 Å². The van der Waals surface area contributed by atoms with Gasteiger partial charge in [0.15, 0.2) is 0 Å². The van der Waals surface area contributed by atoms with Crippen LogP contribution in [0.5, 0.6) is 0 Å². The summed E-state index contributed by atoms with van der Waals surface area (Å²) in [6.45, 7) is 4.10. The molecular formula is C17H20O2. The lowest BCUT2D eigenvalue weighted by Crippen LogP contribution is -2.39. The van der Waals surface area contributed by atoms with Crippen molar-refractivity contribution >= 4 is 5.78 Å². The summed E-state index contributed by atoms with van der Waals surface area (Å²) in [7, 11) is 0. The maximum atomic E-state index is 12.3. The number of carbonyl (C=O) groups excluding carboxylic acids is 1. The lowest BCUT2D eigenvalue weighted by molar-refractivity contribution is -0.134. The minimum atomic E-state index is -0.662. The number of ketones is 1. The van der Waals surface area contributed by atoms with Gasteiger partial charge in [0.2, 0.25) is 0 Å². The maximum absolute atomic E-state index is 12.3. The molecule has 2 fully saturated rings. The number of Topliss-reactive ketones (excluding diaryl/α,β-unsaturated/α-hetero) is 1. The predicted octanol–water partition coefficient (Wildman–Crippen LogP) is 3.28. The van der Waals surface area contributed by atoms with Crippen LogP contribution < -0.4 is 0 Å². The number of carbonyl (C=O) groups is 1. The van der Waals surface area contributed by atoms with Crippen molar-refractivity contribution < 1.29 is 9.90 Å². The molecule has 0 radical (unpaired) electrons. The first-order valence-corrected chi connectivity index (χ1v) is 7.07. The molecule has 0 aromatic heterocycles. The van der Waals surface area contributed by atoms with E-state index in [2.05, 4.69) is 6.58 Å². The Balaban J connectivity index is 1.86. The third-order valence-electron chi connectivity index (χ3n) is 4.62. The summed E-state index contributed by atoms with van der Waals surface area (Å²) in [5, 5.41) is 10.6. The average Bonchev–Trinajstić information content (AvgIpc) is 2.38. The van der Waals surface area contributed by atoms with Gasteiger partial charge in [0.05, 0.1) is 12.0 Å². The molecule has 2 aliphatic carbocycles. The van der Waals surface area contributed by atoms with E-state index < -0.39 is 6.10 Å². The van der Waals surface area contributed by atoms with Gasteiger partial charge in [-0.3, -0.25) is 4.79 Å². The minimum absolute atomic E-state index is 0.240.